The lowest BCUT2D eigenvalue weighted by Crippen LogP contribution is -2.17. The van der Waals surface area contributed by atoms with Gasteiger partial charge in [-0.15, -0.1) is 0 Å². The third kappa shape index (κ3) is 4.18. The van der Waals surface area contributed by atoms with Crippen molar-refractivity contribution < 1.29 is 18.0 Å². The monoisotopic (exact) mass is 495 g/mol. The molecule has 1 amide bonds. The number of hydrogen-bond acceptors (Lipinski definition) is 3. The fourth-order valence-corrected chi connectivity index (χ4v) is 3.42. The maximum absolute atomic E-state index is 12.9. The van der Waals surface area contributed by atoms with Crippen LogP contribution in [0.5, 0.6) is 0 Å². The highest BCUT2D eigenvalue weighted by atomic mass is 79.9. The van der Waals surface area contributed by atoms with Crippen LogP contribution in [0.2, 0.25) is 10.0 Å². The van der Waals surface area contributed by atoms with E-state index in [0.29, 0.717) is 16.0 Å². The Morgan fingerprint density at radius 3 is 2.54 bits per heavy atom. The number of nitrogens with zero attached hydrogens (tertiary/aromatic N) is 4. The van der Waals surface area contributed by atoms with E-state index in [2.05, 4.69) is 31.4 Å². The van der Waals surface area contributed by atoms with Crippen LogP contribution < -0.4 is 5.32 Å². The number of carbonyl (C=O) groups excluding carboxylic acids is 1. The van der Waals surface area contributed by atoms with Crippen molar-refractivity contribution in [3.63, 3.8) is 0 Å². The molecule has 0 aliphatic heterocycles. The molecule has 3 aromatic rings. The first-order chi connectivity index (χ1) is 13.1. The second kappa shape index (κ2) is 7.76. The summed E-state index contributed by atoms with van der Waals surface area (Å²) < 4.78 is 41.5. The van der Waals surface area contributed by atoms with Gasteiger partial charge >= 0.3 is 6.18 Å². The summed E-state index contributed by atoms with van der Waals surface area (Å²) in [5, 5.41) is 9.70. The largest absolute Gasteiger partial charge is 0.436 e. The van der Waals surface area contributed by atoms with Gasteiger partial charge in [-0.1, -0.05) is 41.4 Å². The van der Waals surface area contributed by atoms with Gasteiger partial charge < -0.3 is 5.32 Å². The molecule has 0 unspecified atom stereocenters. The lowest BCUT2D eigenvalue weighted by Gasteiger charge is -2.05. The van der Waals surface area contributed by atoms with Crippen molar-refractivity contribution in [1.29, 1.82) is 0 Å². The number of rotatable bonds is 4. The normalized spacial score (nSPS) is 11.7. The molecule has 148 valence electrons. The summed E-state index contributed by atoms with van der Waals surface area (Å²) in [5.41, 5.74) is -0.951. The van der Waals surface area contributed by atoms with Crippen LogP contribution >= 0.6 is 39.1 Å². The van der Waals surface area contributed by atoms with Gasteiger partial charge in [-0.05, 0) is 27.6 Å². The van der Waals surface area contributed by atoms with Gasteiger partial charge in [-0.25, -0.2) is 0 Å². The van der Waals surface area contributed by atoms with Crippen LogP contribution in [0.15, 0.2) is 34.9 Å². The number of anilines is 1. The highest BCUT2D eigenvalue weighted by Gasteiger charge is 2.39. The van der Waals surface area contributed by atoms with Crippen molar-refractivity contribution in [2.24, 2.45) is 7.05 Å². The van der Waals surface area contributed by atoms with E-state index in [1.165, 1.54) is 11.7 Å². The Balaban J connectivity index is 1.83. The lowest BCUT2D eigenvalue weighted by molar-refractivity contribution is -0.141. The fourth-order valence-electron chi connectivity index (χ4n) is 2.46. The van der Waals surface area contributed by atoms with Crippen LogP contribution in [-0.4, -0.2) is 25.5 Å². The van der Waals surface area contributed by atoms with Crippen LogP contribution in [0.4, 0.5) is 19.0 Å². The molecule has 12 heteroatoms. The second-order valence-electron chi connectivity index (χ2n) is 5.70. The van der Waals surface area contributed by atoms with Crippen molar-refractivity contribution >= 4 is 50.9 Å². The van der Waals surface area contributed by atoms with E-state index >= 15 is 0 Å². The lowest BCUT2D eigenvalue weighted by atomic mass is 10.2. The van der Waals surface area contributed by atoms with Gasteiger partial charge in [-0.3, -0.25) is 14.2 Å². The van der Waals surface area contributed by atoms with Gasteiger partial charge in [0.05, 0.1) is 11.0 Å². The topological polar surface area (TPSA) is 64.7 Å². The Hall–Kier alpha value is -2.04. The molecule has 0 bridgehead atoms. The van der Waals surface area contributed by atoms with Crippen LogP contribution in [0.25, 0.3) is 0 Å². The van der Waals surface area contributed by atoms with E-state index in [9.17, 15) is 18.0 Å². The number of alkyl halides is 3. The van der Waals surface area contributed by atoms with Crippen molar-refractivity contribution in [2.75, 3.05) is 5.32 Å². The number of halogens is 6. The zero-order chi connectivity index (χ0) is 20.6. The molecule has 0 fully saturated rings. The molecule has 6 nitrogen and oxygen atoms in total. The third-order valence-corrected chi connectivity index (χ3v) is 5.02. The maximum atomic E-state index is 12.9. The van der Waals surface area contributed by atoms with E-state index in [4.69, 9.17) is 23.2 Å². The molecule has 0 saturated heterocycles. The van der Waals surface area contributed by atoms with Crippen LogP contribution in [0.3, 0.4) is 0 Å². The summed E-state index contributed by atoms with van der Waals surface area (Å²) in [4.78, 5) is 12.5. The summed E-state index contributed by atoms with van der Waals surface area (Å²) in [6.45, 7) is 0.332. The minimum absolute atomic E-state index is 0.114. The Morgan fingerprint density at radius 2 is 1.93 bits per heavy atom. The first-order valence-electron chi connectivity index (χ1n) is 7.65. The summed E-state index contributed by atoms with van der Waals surface area (Å²) in [6.07, 6.45) is -3.17. The molecule has 0 atom stereocenters. The van der Waals surface area contributed by atoms with E-state index in [0.717, 1.165) is 10.2 Å². The van der Waals surface area contributed by atoms with Crippen molar-refractivity contribution in [2.45, 2.75) is 12.7 Å². The van der Waals surface area contributed by atoms with Gasteiger partial charge in [0.25, 0.3) is 5.91 Å². The Labute approximate surface area is 175 Å². The Bertz CT molecular complexity index is 1050. The predicted octanol–water partition coefficient (Wildman–Crippen LogP) is 5.01. The zero-order valence-electron chi connectivity index (χ0n) is 14.1. The first-order valence-corrected chi connectivity index (χ1v) is 9.20. The molecular formula is C16H11BrCl2F3N5O. The van der Waals surface area contributed by atoms with Crippen LogP contribution in [0, 0.1) is 0 Å². The number of aromatic nitrogens is 4. The highest BCUT2D eigenvalue weighted by Crippen LogP contribution is 2.35. The molecule has 1 aromatic carbocycles. The molecule has 0 aliphatic carbocycles. The van der Waals surface area contributed by atoms with Crippen molar-refractivity contribution in [3.05, 3.63) is 61.9 Å². The molecule has 28 heavy (non-hydrogen) atoms. The molecule has 0 saturated carbocycles. The quantitative estimate of drug-likeness (QED) is 0.552. The fraction of sp³-hybridized carbons (Fsp3) is 0.188. The molecular weight excluding hydrogens is 486 g/mol. The average Bonchev–Trinajstić information content (AvgIpc) is 3.08. The smallest absolute Gasteiger partial charge is 0.303 e. The number of aryl methyl sites for hydroxylation is 1. The summed E-state index contributed by atoms with van der Waals surface area (Å²) in [6, 6.07) is 7.18. The molecule has 1 N–H and O–H groups in total. The van der Waals surface area contributed by atoms with Crippen LogP contribution in [0.1, 0.15) is 21.7 Å². The van der Waals surface area contributed by atoms with E-state index < -0.39 is 28.5 Å². The molecule has 0 aliphatic rings. The van der Waals surface area contributed by atoms with Gasteiger partial charge in [0.1, 0.15) is 10.7 Å². The standard InChI is InChI=1S/C16H11BrCl2F3N5O/c1-26-12(11(19)13(24-26)16(20,21)22)15(28)23-14-9(17)7-27(25-14)6-8-4-2-3-5-10(8)18/h2-5,7H,6H2,1H3,(H,23,25,28). The van der Waals surface area contributed by atoms with Gasteiger partial charge in [0.15, 0.2) is 11.5 Å². The van der Waals surface area contributed by atoms with E-state index in [-0.39, 0.29) is 5.82 Å². The van der Waals surface area contributed by atoms with E-state index in [1.54, 1.807) is 18.3 Å². The SMILES string of the molecule is Cn1nc(C(F)(F)F)c(Cl)c1C(=O)Nc1nn(Cc2ccccc2Cl)cc1Br. The molecule has 2 aromatic heterocycles. The molecule has 2 heterocycles. The maximum Gasteiger partial charge on any atom is 0.436 e. The molecule has 0 spiro atoms. The van der Waals surface area contributed by atoms with E-state index in [1.807, 2.05) is 12.1 Å². The average molecular weight is 497 g/mol. The number of nitrogens with one attached hydrogen (secondary N) is 1. The van der Waals surface area contributed by atoms with Crippen LogP contribution in [-0.2, 0) is 19.8 Å². The second-order valence-corrected chi connectivity index (χ2v) is 7.34. The van der Waals surface area contributed by atoms with Gasteiger partial charge in [0.2, 0.25) is 0 Å². The van der Waals surface area contributed by atoms with Crippen molar-refractivity contribution in [3.8, 4) is 0 Å². The van der Waals surface area contributed by atoms with Gasteiger partial charge in [-0.2, -0.15) is 23.4 Å². The number of hydrogen-bond donors (Lipinski definition) is 1. The Morgan fingerprint density at radius 1 is 1.25 bits per heavy atom. The first kappa shape index (κ1) is 20.7. The highest BCUT2D eigenvalue weighted by molar-refractivity contribution is 9.10. The zero-order valence-corrected chi connectivity index (χ0v) is 17.2. The molecule has 0 radical (unpaired) electrons. The summed E-state index contributed by atoms with van der Waals surface area (Å²) in [5.74, 6) is -0.762. The third-order valence-electron chi connectivity index (χ3n) is 3.71. The number of carbonyl (C=O) groups is 1. The van der Waals surface area contributed by atoms with Gasteiger partial charge in [0, 0.05) is 18.3 Å². The minimum Gasteiger partial charge on any atom is -0.303 e. The van der Waals surface area contributed by atoms with Crippen molar-refractivity contribution in [1.82, 2.24) is 19.6 Å². The number of benzene rings is 1. The summed E-state index contributed by atoms with van der Waals surface area (Å²) >= 11 is 15.1. The predicted molar refractivity (Wildman–Crippen MR) is 102 cm³/mol. The molecule has 3 rings (SSSR count). The minimum atomic E-state index is -4.77. The summed E-state index contributed by atoms with van der Waals surface area (Å²) in [7, 11) is 1.20. The number of amides is 1. The Kier molecular flexibility index (Phi) is 5.74.